The molecule has 160 valence electrons. The first kappa shape index (κ1) is 21.2. The summed E-state index contributed by atoms with van der Waals surface area (Å²) in [5, 5.41) is 5.47. The van der Waals surface area contributed by atoms with E-state index in [1.807, 2.05) is 10.9 Å². The van der Waals surface area contributed by atoms with Gasteiger partial charge >= 0.3 is 0 Å². The Morgan fingerprint density at radius 2 is 1.93 bits per heavy atom. The fourth-order valence-corrected chi connectivity index (χ4v) is 5.04. The van der Waals surface area contributed by atoms with E-state index in [1.54, 1.807) is 23.9 Å². The number of aliphatic imine (C=N–C) groups is 1. The highest BCUT2D eigenvalue weighted by Crippen LogP contribution is 2.34. The number of rotatable bonds is 5. The zero-order chi connectivity index (χ0) is 21.3. The van der Waals surface area contributed by atoms with Crippen molar-refractivity contribution in [2.75, 3.05) is 19.0 Å². The molecule has 0 radical (unpaired) electrons. The van der Waals surface area contributed by atoms with E-state index in [-0.39, 0.29) is 23.2 Å². The van der Waals surface area contributed by atoms with Gasteiger partial charge in [0.25, 0.3) is 0 Å². The predicted octanol–water partition coefficient (Wildman–Crippen LogP) is 4.69. The average Bonchev–Trinajstić information content (AvgIpc) is 3.36. The molecule has 1 aromatic heterocycles. The first-order chi connectivity index (χ1) is 14.3. The molecule has 0 N–H and O–H groups in total. The van der Waals surface area contributed by atoms with Gasteiger partial charge < -0.3 is 4.74 Å². The predicted molar refractivity (Wildman–Crippen MR) is 119 cm³/mol. The van der Waals surface area contributed by atoms with E-state index in [1.165, 1.54) is 12.1 Å². The summed E-state index contributed by atoms with van der Waals surface area (Å²) in [4.78, 5) is 17.6. The number of thioether (sulfide) groups is 1. The molecule has 0 amide bonds. The Hall–Kier alpha value is -1.99. The zero-order valence-electron chi connectivity index (χ0n) is 17.7. The molecule has 3 heterocycles. The quantitative estimate of drug-likeness (QED) is 0.692. The van der Waals surface area contributed by atoms with Crippen molar-refractivity contribution in [1.82, 2.24) is 9.78 Å². The number of aromatic nitrogens is 2. The van der Waals surface area contributed by atoms with Crippen LogP contribution in [-0.2, 0) is 15.1 Å². The standard InChI is InChI=1S/C23H28FN3O2S/c1-23(2,3)27-21(16-4-6-17(24)7-5-16)18(13-25-27)22-26-19(14-30-22)20(28)12-15-8-10-29-11-9-15/h4-7,13,15,19H,8-12,14H2,1-3H3. The number of carbonyl (C=O) groups excluding carboxylic acids is 1. The largest absolute Gasteiger partial charge is 0.381 e. The number of hydrogen-bond donors (Lipinski definition) is 0. The number of ether oxygens (including phenoxy) is 1. The Kier molecular flexibility index (Phi) is 6.11. The van der Waals surface area contributed by atoms with Crippen LogP contribution in [0.2, 0.25) is 0 Å². The molecule has 2 aliphatic rings. The highest BCUT2D eigenvalue weighted by Gasteiger charge is 2.31. The molecular formula is C23H28FN3O2S. The average molecular weight is 430 g/mol. The van der Waals surface area contributed by atoms with Crippen LogP contribution in [0.1, 0.15) is 45.6 Å². The molecule has 1 unspecified atom stereocenters. The zero-order valence-corrected chi connectivity index (χ0v) is 18.5. The van der Waals surface area contributed by atoms with Crippen LogP contribution in [-0.4, -0.2) is 45.6 Å². The summed E-state index contributed by atoms with van der Waals surface area (Å²) in [5.74, 6) is 1.03. The van der Waals surface area contributed by atoms with Gasteiger partial charge in [0.2, 0.25) is 0 Å². The number of ketones is 1. The van der Waals surface area contributed by atoms with Crippen molar-refractivity contribution in [1.29, 1.82) is 0 Å². The summed E-state index contributed by atoms with van der Waals surface area (Å²) in [6.45, 7) is 7.75. The van der Waals surface area contributed by atoms with Crippen LogP contribution in [0.25, 0.3) is 11.3 Å². The Morgan fingerprint density at radius 3 is 2.60 bits per heavy atom. The van der Waals surface area contributed by atoms with Gasteiger partial charge in [0, 0.05) is 31.0 Å². The number of hydrogen-bond acceptors (Lipinski definition) is 5. The van der Waals surface area contributed by atoms with Gasteiger partial charge in [-0.05, 0) is 63.8 Å². The molecule has 1 atom stereocenters. The Morgan fingerprint density at radius 1 is 1.23 bits per heavy atom. The van der Waals surface area contributed by atoms with E-state index < -0.39 is 0 Å². The van der Waals surface area contributed by atoms with Gasteiger partial charge in [0.15, 0.2) is 5.78 Å². The van der Waals surface area contributed by atoms with Crippen LogP contribution in [0.15, 0.2) is 35.5 Å². The summed E-state index contributed by atoms with van der Waals surface area (Å²) in [6, 6.07) is 6.16. The van der Waals surface area contributed by atoms with Crippen LogP contribution >= 0.6 is 11.8 Å². The van der Waals surface area contributed by atoms with E-state index >= 15 is 0 Å². The maximum absolute atomic E-state index is 13.5. The maximum Gasteiger partial charge on any atom is 0.158 e. The molecule has 1 aromatic carbocycles. The summed E-state index contributed by atoms with van der Waals surface area (Å²) in [6.07, 6.45) is 4.31. The van der Waals surface area contributed by atoms with Gasteiger partial charge in [0.1, 0.15) is 16.9 Å². The van der Waals surface area contributed by atoms with Crippen molar-refractivity contribution < 1.29 is 13.9 Å². The lowest BCUT2D eigenvalue weighted by atomic mass is 9.92. The highest BCUT2D eigenvalue weighted by molar-refractivity contribution is 8.14. The molecule has 7 heteroatoms. The minimum Gasteiger partial charge on any atom is -0.381 e. The molecule has 0 aliphatic carbocycles. The van der Waals surface area contributed by atoms with Crippen LogP contribution in [0.5, 0.6) is 0 Å². The fraction of sp³-hybridized carbons (Fsp3) is 0.522. The van der Waals surface area contributed by atoms with Gasteiger partial charge in [0.05, 0.1) is 23.0 Å². The van der Waals surface area contributed by atoms with Gasteiger partial charge in [-0.2, -0.15) is 5.10 Å². The minimum atomic E-state index is -0.299. The van der Waals surface area contributed by atoms with E-state index in [4.69, 9.17) is 9.73 Å². The number of Topliss-reactive ketones (excluding diaryl/α,β-unsaturated/α-hetero) is 1. The van der Waals surface area contributed by atoms with Crippen LogP contribution in [0.4, 0.5) is 4.39 Å². The van der Waals surface area contributed by atoms with E-state index in [9.17, 15) is 9.18 Å². The topological polar surface area (TPSA) is 56.5 Å². The molecule has 2 aromatic rings. The van der Waals surface area contributed by atoms with E-state index in [0.29, 0.717) is 18.1 Å². The number of benzene rings is 1. The maximum atomic E-state index is 13.5. The van der Waals surface area contributed by atoms with Gasteiger partial charge in [-0.3, -0.25) is 14.5 Å². The van der Waals surface area contributed by atoms with Crippen LogP contribution in [0.3, 0.4) is 0 Å². The highest BCUT2D eigenvalue weighted by atomic mass is 32.2. The third-order valence-corrected chi connectivity index (χ3v) is 6.69. The lowest BCUT2D eigenvalue weighted by molar-refractivity contribution is -0.121. The van der Waals surface area contributed by atoms with Crippen molar-refractivity contribution in [3.63, 3.8) is 0 Å². The monoisotopic (exact) mass is 429 g/mol. The number of carbonyl (C=O) groups is 1. The second kappa shape index (κ2) is 8.63. The molecule has 5 nitrogen and oxygen atoms in total. The number of nitrogens with zero attached hydrogens (tertiary/aromatic N) is 3. The molecular weight excluding hydrogens is 401 g/mol. The normalized spacial score (nSPS) is 20.4. The summed E-state index contributed by atoms with van der Waals surface area (Å²) in [5.41, 5.74) is 2.46. The van der Waals surface area contributed by atoms with Crippen molar-refractivity contribution in [3.8, 4) is 11.3 Å². The molecule has 4 rings (SSSR count). The summed E-state index contributed by atoms with van der Waals surface area (Å²) in [7, 11) is 0. The van der Waals surface area contributed by atoms with Crippen molar-refractivity contribution >= 4 is 22.6 Å². The molecule has 1 saturated heterocycles. The Bertz CT molecular complexity index is 940. The first-order valence-electron chi connectivity index (χ1n) is 10.5. The Balaban J connectivity index is 1.62. The lowest BCUT2D eigenvalue weighted by Gasteiger charge is -2.23. The molecule has 0 spiro atoms. The molecule has 0 saturated carbocycles. The van der Waals surface area contributed by atoms with Crippen molar-refractivity contribution in [2.45, 2.75) is 51.6 Å². The molecule has 2 aliphatic heterocycles. The fourth-order valence-electron chi connectivity index (χ4n) is 3.96. The first-order valence-corrected chi connectivity index (χ1v) is 11.5. The van der Waals surface area contributed by atoms with Gasteiger partial charge in [-0.15, -0.1) is 11.8 Å². The smallest absolute Gasteiger partial charge is 0.158 e. The Labute approximate surface area is 181 Å². The lowest BCUT2D eigenvalue weighted by Crippen LogP contribution is -2.25. The van der Waals surface area contributed by atoms with Crippen molar-refractivity contribution in [2.24, 2.45) is 10.9 Å². The van der Waals surface area contributed by atoms with E-state index in [0.717, 1.165) is 47.9 Å². The second-order valence-corrected chi connectivity index (χ2v) is 9.99. The third kappa shape index (κ3) is 4.52. The second-order valence-electron chi connectivity index (χ2n) is 8.98. The third-order valence-electron chi connectivity index (χ3n) is 5.61. The molecule has 1 fully saturated rings. The SMILES string of the molecule is CC(C)(C)n1ncc(C2=NC(C(=O)CC3CCOCC3)CS2)c1-c1ccc(F)cc1. The molecule has 0 bridgehead atoms. The van der Waals surface area contributed by atoms with Crippen LogP contribution < -0.4 is 0 Å². The van der Waals surface area contributed by atoms with Crippen molar-refractivity contribution in [3.05, 3.63) is 41.8 Å². The van der Waals surface area contributed by atoms with Gasteiger partial charge in [-0.25, -0.2) is 4.39 Å². The number of halogens is 1. The summed E-state index contributed by atoms with van der Waals surface area (Å²) < 4.78 is 20.9. The molecule has 30 heavy (non-hydrogen) atoms. The van der Waals surface area contributed by atoms with Crippen LogP contribution in [0, 0.1) is 11.7 Å². The van der Waals surface area contributed by atoms with E-state index in [2.05, 4.69) is 25.9 Å². The minimum absolute atomic E-state index is 0.218. The summed E-state index contributed by atoms with van der Waals surface area (Å²) >= 11 is 1.61. The van der Waals surface area contributed by atoms with Gasteiger partial charge in [-0.1, -0.05) is 0 Å².